The molecule has 0 bridgehead atoms. The van der Waals surface area contributed by atoms with Crippen LogP contribution in [0, 0.1) is 6.92 Å². The second-order valence-corrected chi connectivity index (χ2v) is 6.38. The Bertz CT molecular complexity index is 970. The maximum Gasteiger partial charge on any atom is 0.416 e. The van der Waals surface area contributed by atoms with Crippen LogP contribution in [0.5, 0.6) is 0 Å². The monoisotopic (exact) mass is 381 g/mol. The fourth-order valence-corrected chi connectivity index (χ4v) is 3.51. The molecule has 3 aromatic rings. The zero-order chi connectivity index (χ0) is 18.9. The van der Waals surface area contributed by atoms with Crippen molar-refractivity contribution in [1.29, 1.82) is 0 Å². The number of ether oxygens (including phenoxy) is 1. The Morgan fingerprint density at radius 2 is 2.08 bits per heavy atom. The van der Waals surface area contributed by atoms with Gasteiger partial charge in [0.1, 0.15) is 21.9 Å². The van der Waals surface area contributed by atoms with Gasteiger partial charge in [0.05, 0.1) is 17.6 Å². The Balaban J connectivity index is 2.02. The van der Waals surface area contributed by atoms with Crippen molar-refractivity contribution < 1.29 is 22.7 Å². The van der Waals surface area contributed by atoms with Crippen LogP contribution in [-0.2, 0) is 10.9 Å². The zero-order valence-corrected chi connectivity index (χ0v) is 14.7. The summed E-state index contributed by atoms with van der Waals surface area (Å²) in [5.74, 6) is -0.128. The summed E-state index contributed by atoms with van der Waals surface area (Å²) in [6.07, 6.45) is -3.14. The highest BCUT2D eigenvalue weighted by atomic mass is 32.1. The third-order valence-corrected chi connectivity index (χ3v) is 4.82. The number of hydrogen-bond acceptors (Lipinski definition) is 6. The number of benzene rings is 1. The molecule has 0 saturated carbocycles. The van der Waals surface area contributed by atoms with Crippen LogP contribution >= 0.6 is 11.3 Å². The lowest BCUT2D eigenvalue weighted by molar-refractivity contribution is -0.137. The van der Waals surface area contributed by atoms with Crippen LogP contribution in [-0.4, -0.2) is 22.5 Å². The van der Waals surface area contributed by atoms with E-state index in [0.29, 0.717) is 26.5 Å². The van der Waals surface area contributed by atoms with E-state index >= 15 is 0 Å². The zero-order valence-electron chi connectivity index (χ0n) is 13.8. The number of fused-ring (bicyclic) bond motifs is 1. The first-order chi connectivity index (χ1) is 12.3. The highest BCUT2D eigenvalue weighted by Crippen LogP contribution is 2.36. The Morgan fingerprint density at radius 1 is 1.31 bits per heavy atom. The number of aromatic nitrogens is 2. The first-order valence-corrected chi connectivity index (χ1v) is 8.48. The number of aryl methyl sites for hydroxylation is 1. The number of hydrogen-bond donors (Lipinski definition) is 1. The summed E-state index contributed by atoms with van der Waals surface area (Å²) in [6, 6.07) is 4.82. The van der Waals surface area contributed by atoms with Crippen LogP contribution in [0.25, 0.3) is 10.2 Å². The molecule has 1 aromatic carbocycles. The number of esters is 1. The average molecular weight is 381 g/mol. The number of rotatable bonds is 4. The number of halogens is 3. The van der Waals surface area contributed by atoms with E-state index in [2.05, 4.69) is 15.3 Å². The van der Waals surface area contributed by atoms with Crippen LogP contribution in [0.4, 0.5) is 24.7 Å². The van der Waals surface area contributed by atoms with E-state index in [9.17, 15) is 18.0 Å². The molecule has 3 rings (SSSR count). The summed E-state index contributed by atoms with van der Waals surface area (Å²) < 4.78 is 43.7. The van der Waals surface area contributed by atoms with E-state index in [1.165, 1.54) is 18.5 Å². The largest absolute Gasteiger partial charge is 0.462 e. The molecule has 0 spiro atoms. The van der Waals surface area contributed by atoms with Crippen molar-refractivity contribution in [3.05, 3.63) is 46.6 Å². The van der Waals surface area contributed by atoms with Crippen molar-refractivity contribution in [2.75, 3.05) is 11.9 Å². The second-order valence-electron chi connectivity index (χ2n) is 5.38. The van der Waals surface area contributed by atoms with Gasteiger partial charge < -0.3 is 10.1 Å². The van der Waals surface area contributed by atoms with Crippen molar-refractivity contribution >= 4 is 39.0 Å². The Kier molecular flexibility index (Phi) is 4.82. The first kappa shape index (κ1) is 18.1. The van der Waals surface area contributed by atoms with Crippen LogP contribution in [0.3, 0.4) is 0 Å². The molecule has 5 nitrogen and oxygen atoms in total. The molecule has 0 saturated heterocycles. The molecule has 1 N–H and O–H groups in total. The fourth-order valence-electron chi connectivity index (χ4n) is 2.47. The van der Waals surface area contributed by atoms with Crippen molar-refractivity contribution in [1.82, 2.24) is 9.97 Å². The van der Waals surface area contributed by atoms with Crippen LogP contribution in [0.15, 0.2) is 30.6 Å². The number of nitrogens with zero attached hydrogens (tertiary/aromatic N) is 2. The molecule has 0 fully saturated rings. The van der Waals surface area contributed by atoms with E-state index in [0.717, 1.165) is 23.5 Å². The van der Waals surface area contributed by atoms with E-state index in [4.69, 9.17) is 4.74 Å². The predicted octanol–water partition coefficient (Wildman–Crippen LogP) is 4.94. The van der Waals surface area contributed by atoms with Gasteiger partial charge in [0, 0.05) is 5.69 Å². The summed E-state index contributed by atoms with van der Waals surface area (Å²) in [5.41, 5.74) is 0.101. The average Bonchev–Trinajstić information content (AvgIpc) is 2.93. The van der Waals surface area contributed by atoms with Gasteiger partial charge in [-0.3, -0.25) is 0 Å². The molecule has 2 aromatic heterocycles. The van der Waals surface area contributed by atoms with Gasteiger partial charge in [-0.15, -0.1) is 11.3 Å². The molecule has 0 unspecified atom stereocenters. The number of carbonyl (C=O) groups excluding carboxylic acids is 1. The van der Waals surface area contributed by atoms with Gasteiger partial charge >= 0.3 is 12.1 Å². The lowest BCUT2D eigenvalue weighted by atomic mass is 10.1. The third-order valence-electron chi connectivity index (χ3n) is 3.64. The number of carbonyl (C=O) groups is 1. The minimum Gasteiger partial charge on any atom is -0.462 e. The van der Waals surface area contributed by atoms with Crippen LogP contribution in [0.1, 0.15) is 27.7 Å². The highest BCUT2D eigenvalue weighted by Gasteiger charge is 2.30. The summed E-state index contributed by atoms with van der Waals surface area (Å²) in [7, 11) is 0. The van der Waals surface area contributed by atoms with E-state index in [1.54, 1.807) is 13.8 Å². The highest BCUT2D eigenvalue weighted by molar-refractivity contribution is 7.20. The quantitative estimate of drug-likeness (QED) is 0.649. The normalized spacial score (nSPS) is 11.6. The van der Waals surface area contributed by atoms with Gasteiger partial charge in [0.25, 0.3) is 0 Å². The molecule has 2 heterocycles. The van der Waals surface area contributed by atoms with Gasteiger partial charge in [-0.25, -0.2) is 14.8 Å². The molecule has 0 aliphatic heterocycles. The molecule has 0 aliphatic carbocycles. The fraction of sp³-hybridized carbons (Fsp3) is 0.235. The number of alkyl halides is 3. The van der Waals surface area contributed by atoms with E-state index in [1.807, 2.05) is 0 Å². The molecular formula is C17H14F3N3O2S. The summed E-state index contributed by atoms with van der Waals surface area (Å²) in [5, 5.41) is 3.47. The van der Waals surface area contributed by atoms with Gasteiger partial charge in [-0.1, -0.05) is 6.07 Å². The Hall–Kier alpha value is -2.68. The minimum absolute atomic E-state index is 0.239. The molecule has 0 amide bonds. The van der Waals surface area contributed by atoms with Gasteiger partial charge in [-0.05, 0) is 37.6 Å². The van der Waals surface area contributed by atoms with Crippen molar-refractivity contribution in [3.63, 3.8) is 0 Å². The first-order valence-electron chi connectivity index (χ1n) is 7.66. The standard InChI is InChI=1S/C17H14F3N3O2S/c1-3-25-16(24)13-9(2)12-14(21-8-22-15(12)26-13)23-11-6-4-5-10(7-11)17(18,19)20/h4-8H,3H2,1-2H3,(H,21,22,23). The van der Waals surface area contributed by atoms with Crippen molar-refractivity contribution in [3.8, 4) is 0 Å². The number of anilines is 2. The Labute approximate surface area is 150 Å². The molecule has 0 atom stereocenters. The van der Waals surface area contributed by atoms with Crippen molar-refractivity contribution in [2.45, 2.75) is 20.0 Å². The molecule has 0 radical (unpaired) electrons. The maximum absolute atomic E-state index is 12.9. The van der Waals surface area contributed by atoms with Gasteiger partial charge in [0.2, 0.25) is 0 Å². The molecule has 9 heteroatoms. The molecular weight excluding hydrogens is 367 g/mol. The molecule has 0 aliphatic rings. The SMILES string of the molecule is CCOC(=O)c1sc2ncnc(Nc3cccc(C(F)(F)F)c3)c2c1C. The minimum atomic E-state index is -4.44. The van der Waals surface area contributed by atoms with Gasteiger partial charge in [-0.2, -0.15) is 13.2 Å². The number of thiophene rings is 1. The second kappa shape index (κ2) is 6.91. The van der Waals surface area contributed by atoms with Crippen LogP contribution < -0.4 is 5.32 Å². The molecule has 136 valence electrons. The molecule has 26 heavy (non-hydrogen) atoms. The lowest BCUT2D eigenvalue weighted by Gasteiger charge is -2.11. The summed E-state index contributed by atoms with van der Waals surface area (Å²) in [4.78, 5) is 21.3. The van der Waals surface area contributed by atoms with Gasteiger partial charge in [0.15, 0.2) is 0 Å². The topological polar surface area (TPSA) is 64.1 Å². The third kappa shape index (κ3) is 3.48. The predicted molar refractivity (Wildman–Crippen MR) is 92.8 cm³/mol. The summed E-state index contributed by atoms with van der Waals surface area (Å²) in [6.45, 7) is 3.68. The van der Waals surface area contributed by atoms with Crippen molar-refractivity contribution in [2.24, 2.45) is 0 Å². The lowest BCUT2D eigenvalue weighted by Crippen LogP contribution is -2.05. The summed E-state index contributed by atoms with van der Waals surface area (Å²) >= 11 is 1.16. The van der Waals surface area contributed by atoms with E-state index in [-0.39, 0.29) is 12.3 Å². The van der Waals surface area contributed by atoms with Crippen LogP contribution in [0.2, 0.25) is 0 Å². The maximum atomic E-state index is 12.9. The van der Waals surface area contributed by atoms with E-state index < -0.39 is 17.7 Å². The smallest absolute Gasteiger partial charge is 0.416 e. The Morgan fingerprint density at radius 3 is 2.77 bits per heavy atom. The number of nitrogens with one attached hydrogen (secondary N) is 1.